The molecule has 0 spiro atoms. The third-order valence-corrected chi connectivity index (χ3v) is 4.79. The van der Waals surface area contributed by atoms with Crippen molar-refractivity contribution < 1.29 is 19.0 Å². The van der Waals surface area contributed by atoms with E-state index >= 15 is 0 Å². The highest BCUT2D eigenvalue weighted by Crippen LogP contribution is 2.49. The summed E-state index contributed by atoms with van der Waals surface area (Å²) < 4.78 is 17.1. The Morgan fingerprint density at radius 1 is 1.20 bits per heavy atom. The second-order valence-corrected chi connectivity index (χ2v) is 6.40. The van der Waals surface area contributed by atoms with Crippen molar-refractivity contribution in [3.05, 3.63) is 48.0 Å². The fourth-order valence-electron chi connectivity index (χ4n) is 3.66. The van der Waals surface area contributed by atoms with Gasteiger partial charge in [-0.2, -0.15) is 0 Å². The highest BCUT2D eigenvalue weighted by molar-refractivity contribution is 5.95. The van der Waals surface area contributed by atoms with E-state index in [1.807, 2.05) is 49.4 Å². The molecule has 4 rings (SSSR count). The molecule has 1 N–H and O–H groups in total. The molecule has 2 aliphatic heterocycles. The first-order valence-electron chi connectivity index (χ1n) is 8.16. The molecule has 25 heavy (non-hydrogen) atoms. The smallest absolute Gasteiger partial charge is 0.325 e. The number of benzene rings is 2. The quantitative estimate of drug-likeness (QED) is 0.929. The molecule has 2 aliphatic rings. The van der Waals surface area contributed by atoms with Crippen molar-refractivity contribution in [3.8, 4) is 17.2 Å². The Hall–Kier alpha value is -2.89. The maximum atomic E-state index is 12.8. The molecule has 6 nitrogen and oxygen atoms in total. The Kier molecular flexibility index (Phi) is 3.49. The lowest BCUT2D eigenvalue weighted by atomic mass is 9.90. The van der Waals surface area contributed by atoms with E-state index in [0.29, 0.717) is 23.7 Å². The van der Waals surface area contributed by atoms with Gasteiger partial charge in [-0.25, -0.2) is 4.79 Å². The predicted octanol–water partition coefficient (Wildman–Crippen LogP) is 3.47. The van der Waals surface area contributed by atoms with Gasteiger partial charge in [-0.1, -0.05) is 18.2 Å². The van der Waals surface area contributed by atoms with Crippen molar-refractivity contribution in [1.29, 1.82) is 0 Å². The highest BCUT2D eigenvalue weighted by Gasteiger charge is 2.50. The van der Waals surface area contributed by atoms with Crippen LogP contribution in [0.1, 0.15) is 24.9 Å². The van der Waals surface area contributed by atoms with Gasteiger partial charge in [0.25, 0.3) is 0 Å². The molecular formula is C19H20N2O4. The molecule has 1 fully saturated rings. The summed E-state index contributed by atoms with van der Waals surface area (Å²) in [6, 6.07) is 12.8. The van der Waals surface area contributed by atoms with E-state index in [4.69, 9.17) is 14.2 Å². The Labute approximate surface area is 146 Å². The predicted molar refractivity (Wildman–Crippen MR) is 93.4 cm³/mol. The van der Waals surface area contributed by atoms with Gasteiger partial charge in [0.05, 0.1) is 25.9 Å². The number of para-hydroxylation sites is 1. The SMILES string of the molecule is COc1cccc(N2C(=O)N[C@@H]3C[C@@]2(C)Oc2c(OC)cccc23)c1. The molecule has 1 saturated heterocycles. The van der Waals surface area contributed by atoms with Crippen molar-refractivity contribution in [2.45, 2.75) is 25.1 Å². The first-order valence-corrected chi connectivity index (χ1v) is 8.16. The number of urea groups is 1. The second kappa shape index (κ2) is 5.58. The van der Waals surface area contributed by atoms with Gasteiger partial charge in [0.2, 0.25) is 0 Å². The van der Waals surface area contributed by atoms with Crippen molar-refractivity contribution >= 4 is 11.7 Å². The minimum atomic E-state index is -0.818. The minimum Gasteiger partial charge on any atom is -0.497 e. The summed E-state index contributed by atoms with van der Waals surface area (Å²) in [5.41, 5.74) is 0.840. The lowest BCUT2D eigenvalue weighted by molar-refractivity contribution is 0.0349. The van der Waals surface area contributed by atoms with Crippen molar-refractivity contribution in [2.75, 3.05) is 19.1 Å². The zero-order valence-corrected chi connectivity index (χ0v) is 14.4. The van der Waals surface area contributed by atoms with Crippen molar-refractivity contribution in [2.24, 2.45) is 0 Å². The Balaban J connectivity index is 1.81. The monoisotopic (exact) mass is 340 g/mol. The molecule has 0 aliphatic carbocycles. The number of ether oxygens (including phenoxy) is 3. The van der Waals surface area contributed by atoms with E-state index in [2.05, 4.69) is 5.32 Å². The molecule has 2 amide bonds. The van der Waals surface area contributed by atoms with Crippen LogP contribution in [0.2, 0.25) is 0 Å². The number of carbonyl (C=O) groups excluding carboxylic acids is 1. The number of hydrogen-bond acceptors (Lipinski definition) is 4. The average molecular weight is 340 g/mol. The van der Waals surface area contributed by atoms with Crippen LogP contribution in [-0.2, 0) is 0 Å². The van der Waals surface area contributed by atoms with Crippen LogP contribution >= 0.6 is 0 Å². The molecular weight excluding hydrogens is 320 g/mol. The van der Waals surface area contributed by atoms with Crippen LogP contribution in [0.3, 0.4) is 0 Å². The number of methoxy groups -OCH3 is 2. The number of carbonyl (C=O) groups is 1. The Morgan fingerprint density at radius 3 is 2.76 bits per heavy atom. The number of anilines is 1. The summed E-state index contributed by atoms with van der Waals surface area (Å²) in [6.45, 7) is 1.92. The first kappa shape index (κ1) is 15.6. The van der Waals surface area contributed by atoms with Gasteiger partial charge < -0.3 is 19.5 Å². The summed E-state index contributed by atoms with van der Waals surface area (Å²) >= 11 is 0. The number of fused-ring (bicyclic) bond motifs is 4. The number of amides is 2. The zero-order valence-electron chi connectivity index (χ0n) is 14.4. The standard InChI is InChI=1S/C19H20N2O4/c1-19-11-15(14-8-5-9-16(24-3)17(14)25-19)20-18(22)21(19)12-6-4-7-13(10-12)23-2/h4-10,15H,11H2,1-3H3,(H,20,22)/t15-,19-/m1/s1. The van der Waals surface area contributed by atoms with Gasteiger partial charge in [-0.05, 0) is 25.1 Å². The molecule has 2 aromatic carbocycles. The van der Waals surface area contributed by atoms with Gasteiger partial charge in [0.15, 0.2) is 17.2 Å². The Bertz CT molecular complexity index is 838. The van der Waals surface area contributed by atoms with E-state index in [1.54, 1.807) is 19.1 Å². The molecule has 2 bridgehead atoms. The maximum Gasteiger partial charge on any atom is 0.325 e. The van der Waals surface area contributed by atoms with Gasteiger partial charge in [0, 0.05) is 18.1 Å². The topological polar surface area (TPSA) is 60.0 Å². The summed E-state index contributed by atoms with van der Waals surface area (Å²) in [5, 5.41) is 3.08. The van der Waals surface area contributed by atoms with Gasteiger partial charge >= 0.3 is 6.03 Å². The van der Waals surface area contributed by atoms with Gasteiger partial charge in [-0.3, -0.25) is 4.90 Å². The van der Waals surface area contributed by atoms with E-state index in [0.717, 1.165) is 11.3 Å². The van der Waals surface area contributed by atoms with Gasteiger partial charge in [0.1, 0.15) is 5.75 Å². The van der Waals surface area contributed by atoms with Crippen molar-refractivity contribution in [3.63, 3.8) is 0 Å². The fourth-order valence-corrected chi connectivity index (χ4v) is 3.66. The lowest BCUT2D eigenvalue weighted by Gasteiger charge is -2.50. The summed E-state index contributed by atoms with van der Waals surface area (Å²) in [6.07, 6.45) is 0.635. The molecule has 130 valence electrons. The molecule has 0 unspecified atom stereocenters. The zero-order chi connectivity index (χ0) is 17.6. The fraction of sp³-hybridized carbons (Fsp3) is 0.316. The van der Waals surface area contributed by atoms with Crippen LogP contribution in [0.4, 0.5) is 10.5 Å². The molecule has 0 saturated carbocycles. The summed E-state index contributed by atoms with van der Waals surface area (Å²) in [4.78, 5) is 14.5. The number of hydrogen-bond donors (Lipinski definition) is 1. The number of nitrogens with zero attached hydrogens (tertiary/aromatic N) is 1. The lowest BCUT2D eigenvalue weighted by Crippen LogP contribution is -2.65. The minimum absolute atomic E-state index is 0.113. The van der Waals surface area contributed by atoms with Crippen LogP contribution < -0.4 is 24.4 Å². The molecule has 0 aromatic heterocycles. The van der Waals surface area contributed by atoms with Crippen LogP contribution in [0.5, 0.6) is 17.2 Å². The van der Waals surface area contributed by atoms with E-state index in [1.165, 1.54) is 0 Å². The normalized spacial score (nSPS) is 24.0. The maximum absolute atomic E-state index is 12.8. The molecule has 6 heteroatoms. The van der Waals surface area contributed by atoms with Crippen LogP contribution in [0, 0.1) is 0 Å². The Morgan fingerprint density at radius 2 is 2.00 bits per heavy atom. The largest absolute Gasteiger partial charge is 0.497 e. The summed E-state index contributed by atoms with van der Waals surface area (Å²) in [7, 11) is 3.22. The first-order chi connectivity index (χ1) is 12.1. The highest BCUT2D eigenvalue weighted by atomic mass is 16.5. The van der Waals surface area contributed by atoms with Crippen LogP contribution in [0.25, 0.3) is 0 Å². The van der Waals surface area contributed by atoms with E-state index < -0.39 is 5.72 Å². The van der Waals surface area contributed by atoms with Gasteiger partial charge in [-0.15, -0.1) is 0 Å². The van der Waals surface area contributed by atoms with Crippen LogP contribution in [0.15, 0.2) is 42.5 Å². The third-order valence-electron chi connectivity index (χ3n) is 4.79. The second-order valence-electron chi connectivity index (χ2n) is 6.40. The summed E-state index contributed by atoms with van der Waals surface area (Å²) in [5.74, 6) is 2.02. The average Bonchev–Trinajstić information content (AvgIpc) is 2.60. The molecule has 2 atom stereocenters. The van der Waals surface area contributed by atoms with E-state index in [9.17, 15) is 4.79 Å². The molecule has 2 heterocycles. The third kappa shape index (κ3) is 2.36. The molecule has 0 radical (unpaired) electrons. The van der Waals surface area contributed by atoms with Crippen LogP contribution in [-0.4, -0.2) is 26.0 Å². The number of rotatable bonds is 3. The number of nitrogens with one attached hydrogen (secondary N) is 1. The van der Waals surface area contributed by atoms with E-state index in [-0.39, 0.29) is 12.1 Å². The molecule has 2 aromatic rings. The van der Waals surface area contributed by atoms with Crippen molar-refractivity contribution in [1.82, 2.24) is 5.32 Å².